The van der Waals surface area contributed by atoms with Crippen LogP contribution in [0.1, 0.15) is 50.7 Å². The molecule has 4 atom stereocenters. The van der Waals surface area contributed by atoms with Gasteiger partial charge in [0.15, 0.2) is 9.84 Å². The van der Waals surface area contributed by atoms with E-state index in [1.165, 1.54) is 10.4 Å². The lowest BCUT2D eigenvalue weighted by Crippen LogP contribution is -2.59. The van der Waals surface area contributed by atoms with Crippen LogP contribution in [-0.2, 0) is 30.8 Å². The van der Waals surface area contributed by atoms with Gasteiger partial charge >= 0.3 is 6.18 Å². The van der Waals surface area contributed by atoms with E-state index in [1.807, 2.05) is 0 Å². The van der Waals surface area contributed by atoms with Crippen molar-refractivity contribution in [1.82, 2.24) is 4.31 Å². The lowest BCUT2D eigenvalue weighted by atomic mass is 9.71. The van der Waals surface area contributed by atoms with E-state index in [9.17, 15) is 34.4 Å². The first-order chi connectivity index (χ1) is 18.1. The topological polar surface area (TPSA) is 71.5 Å². The predicted octanol–water partition coefficient (Wildman–Crippen LogP) is 6.07. The summed E-state index contributed by atoms with van der Waals surface area (Å²) in [7, 11) is -8.33. The number of hydrogen-bond donors (Lipinski definition) is 0. The minimum atomic E-state index is -4.69. The summed E-state index contributed by atoms with van der Waals surface area (Å²) >= 11 is 0. The zero-order valence-corrected chi connectivity index (χ0v) is 23.1. The SMILES string of the molecule is C=CCN1[C@H]2CC[C@@](c3cc(F)ccc3F)(S(=O)(=O)c3ccc(C(F)(F)F)cc3)C[C@H]2C[C@@H](C(C)C)S1(=O)=O. The van der Waals surface area contributed by atoms with E-state index in [0.29, 0.717) is 12.1 Å². The van der Waals surface area contributed by atoms with E-state index < -0.39 is 75.7 Å². The van der Waals surface area contributed by atoms with Crippen LogP contribution in [0.15, 0.2) is 60.0 Å². The van der Waals surface area contributed by atoms with Gasteiger partial charge in [0.25, 0.3) is 0 Å². The van der Waals surface area contributed by atoms with Crippen LogP contribution in [0.25, 0.3) is 0 Å². The first-order valence-corrected chi connectivity index (χ1v) is 15.5. The molecule has 0 aromatic heterocycles. The summed E-state index contributed by atoms with van der Waals surface area (Å²) in [6.07, 6.45) is -3.59. The summed E-state index contributed by atoms with van der Waals surface area (Å²) in [5.74, 6) is -2.68. The molecule has 0 amide bonds. The molecule has 1 heterocycles. The Morgan fingerprint density at radius 2 is 1.77 bits per heavy atom. The van der Waals surface area contributed by atoms with Crippen molar-refractivity contribution < 1.29 is 38.8 Å². The summed E-state index contributed by atoms with van der Waals surface area (Å²) in [6.45, 7) is 7.16. The molecule has 2 fully saturated rings. The second-order valence-corrected chi connectivity index (χ2v) is 15.0. The Bertz CT molecular complexity index is 1460. The minimum Gasteiger partial charge on any atom is -0.223 e. The van der Waals surface area contributed by atoms with E-state index in [1.54, 1.807) is 13.8 Å². The fraction of sp³-hybridized carbons (Fsp3) is 0.481. The molecule has 1 saturated heterocycles. The lowest BCUT2D eigenvalue weighted by molar-refractivity contribution is -0.137. The van der Waals surface area contributed by atoms with Gasteiger partial charge in [0.05, 0.1) is 15.7 Å². The lowest BCUT2D eigenvalue weighted by Gasteiger charge is -2.52. The van der Waals surface area contributed by atoms with Gasteiger partial charge in [-0.3, -0.25) is 0 Å². The second-order valence-electron chi connectivity index (χ2n) is 10.6. The van der Waals surface area contributed by atoms with Crippen molar-refractivity contribution in [3.63, 3.8) is 0 Å². The molecule has 2 aromatic carbocycles. The van der Waals surface area contributed by atoms with Crippen molar-refractivity contribution >= 4 is 19.9 Å². The smallest absolute Gasteiger partial charge is 0.223 e. The molecule has 214 valence electrons. The van der Waals surface area contributed by atoms with E-state index >= 15 is 4.39 Å². The molecular weight excluding hydrogens is 561 g/mol. The molecular formula is C27H30F5NO4S2. The average Bonchev–Trinajstić information content (AvgIpc) is 2.86. The average molecular weight is 592 g/mol. The molecule has 0 spiro atoms. The number of nitrogens with zero attached hydrogens (tertiary/aromatic N) is 1. The van der Waals surface area contributed by atoms with Gasteiger partial charge in [-0.25, -0.2) is 25.6 Å². The van der Waals surface area contributed by atoms with Crippen molar-refractivity contribution in [3.05, 3.63) is 77.9 Å². The molecule has 0 radical (unpaired) electrons. The van der Waals surface area contributed by atoms with Gasteiger partial charge in [-0.2, -0.15) is 17.5 Å². The number of halogens is 5. The number of fused-ring (bicyclic) bond motifs is 1. The standard InChI is InChI=1S/C27H30F5NO4S2/c1-4-13-33-24-11-12-26(22-15-20(28)7-10-23(22)29,16-18(24)14-25(17(2)3)39(33,36)37)38(34,35)21-8-5-19(6-9-21)27(30,31)32/h4-10,15,17-18,24-25H,1,11-14,16H2,2-3H3/t18-,24+,25+,26-/m1/s1. The zero-order valence-electron chi connectivity index (χ0n) is 21.5. The normalized spacial score (nSPS) is 27.7. The van der Waals surface area contributed by atoms with Crippen LogP contribution >= 0.6 is 0 Å². The van der Waals surface area contributed by atoms with Crippen molar-refractivity contribution in [2.24, 2.45) is 11.8 Å². The number of hydrogen-bond acceptors (Lipinski definition) is 4. The quantitative estimate of drug-likeness (QED) is 0.302. The molecule has 2 aromatic rings. The van der Waals surface area contributed by atoms with Crippen LogP contribution in [0.3, 0.4) is 0 Å². The van der Waals surface area contributed by atoms with Gasteiger partial charge in [-0.1, -0.05) is 19.9 Å². The molecule has 1 aliphatic carbocycles. The molecule has 0 unspecified atom stereocenters. The third kappa shape index (κ3) is 5.04. The largest absolute Gasteiger partial charge is 0.416 e. The highest BCUT2D eigenvalue weighted by Crippen LogP contribution is 2.54. The molecule has 4 rings (SSSR count). The highest BCUT2D eigenvalue weighted by atomic mass is 32.2. The van der Waals surface area contributed by atoms with Crippen LogP contribution in [0.5, 0.6) is 0 Å². The Hall–Kier alpha value is -2.31. The van der Waals surface area contributed by atoms with E-state index in [0.717, 1.165) is 30.3 Å². The summed E-state index contributed by atoms with van der Waals surface area (Å²) in [6, 6.07) is 4.85. The van der Waals surface area contributed by atoms with Gasteiger partial charge in [0, 0.05) is 18.2 Å². The van der Waals surface area contributed by atoms with Gasteiger partial charge < -0.3 is 0 Å². The third-order valence-corrected chi connectivity index (χ3v) is 13.2. The van der Waals surface area contributed by atoms with Crippen molar-refractivity contribution in [1.29, 1.82) is 0 Å². The van der Waals surface area contributed by atoms with Gasteiger partial charge in [0.2, 0.25) is 10.0 Å². The molecule has 12 heteroatoms. The summed E-state index contributed by atoms with van der Waals surface area (Å²) in [5.41, 5.74) is -1.46. The van der Waals surface area contributed by atoms with E-state index in [-0.39, 0.29) is 38.1 Å². The van der Waals surface area contributed by atoms with Crippen molar-refractivity contribution in [2.45, 2.75) is 66.6 Å². The van der Waals surface area contributed by atoms with Gasteiger partial charge in [-0.15, -0.1) is 6.58 Å². The maximum absolute atomic E-state index is 15.3. The monoisotopic (exact) mass is 591 g/mol. The number of rotatable bonds is 6. The Morgan fingerprint density at radius 1 is 1.13 bits per heavy atom. The first kappa shape index (κ1) is 29.7. The fourth-order valence-corrected chi connectivity index (χ4v) is 10.9. The number of alkyl halides is 3. The maximum atomic E-state index is 15.3. The van der Waals surface area contributed by atoms with Crippen LogP contribution in [0, 0.1) is 23.5 Å². The molecule has 5 nitrogen and oxygen atoms in total. The highest BCUT2D eigenvalue weighted by Gasteiger charge is 2.57. The van der Waals surface area contributed by atoms with Gasteiger partial charge in [-0.05, 0) is 80.0 Å². The Morgan fingerprint density at radius 3 is 2.33 bits per heavy atom. The molecule has 0 bridgehead atoms. The molecule has 2 aliphatic rings. The van der Waals surface area contributed by atoms with Crippen LogP contribution in [0.2, 0.25) is 0 Å². The maximum Gasteiger partial charge on any atom is 0.416 e. The van der Waals surface area contributed by atoms with Crippen LogP contribution < -0.4 is 0 Å². The molecule has 1 aliphatic heterocycles. The van der Waals surface area contributed by atoms with Crippen molar-refractivity contribution in [3.8, 4) is 0 Å². The molecule has 0 N–H and O–H groups in total. The van der Waals surface area contributed by atoms with Crippen LogP contribution in [0.4, 0.5) is 22.0 Å². The highest BCUT2D eigenvalue weighted by molar-refractivity contribution is 7.92. The Labute approximate surface area is 225 Å². The predicted molar refractivity (Wildman–Crippen MR) is 137 cm³/mol. The summed E-state index contributed by atoms with van der Waals surface area (Å²) in [5, 5.41) is -0.833. The van der Waals surface area contributed by atoms with E-state index in [4.69, 9.17) is 0 Å². The first-order valence-electron chi connectivity index (χ1n) is 12.5. The zero-order chi connectivity index (χ0) is 29.0. The van der Waals surface area contributed by atoms with Crippen LogP contribution in [-0.4, -0.2) is 39.0 Å². The Balaban J connectivity index is 1.89. The molecule has 39 heavy (non-hydrogen) atoms. The fourth-order valence-electron chi connectivity index (χ4n) is 6.19. The number of benzene rings is 2. The van der Waals surface area contributed by atoms with Crippen molar-refractivity contribution in [2.75, 3.05) is 6.54 Å². The van der Waals surface area contributed by atoms with Gasteiger partial charge in [0.1, 0.15) is 16.4 Å². The Kier molecular flexibility index (Phi) is 7.81. The second kappa shape index (κ2) is 10.3. The number of sulfonamides is 1. The summed E-state index contributed by atoms with van der Waals surface area (Å²) in [4.78, 5) is -0.454. The van der Waals surface area contributed by atoms with E-state index in [2.05, 4.69) is 6.58 Å². The summed E-state index contributed by atoms with van der Waals surface area (Å²) < 4.78 is 124. The molecule has 1 saturated carbocycles. The third-order valence-electron chi connectivity index (χ3n) is 8.07. The minimum absolute atomic E-state index is 0.0136. The number of sulfone groups is 1.